The van der Waals surface area contributed by atoms with E-state index in [0.717, 1.165) is 44.3 Å². The number of aryl methyl sites for hydroxylation is 1. The fourth-order valence-electron chi connectivity index (χ4n) is 3.33. The largest absolute Gasteiger partial charge is 0.497 e. The maximum atomic E-state index is 10.6. The third kappa shape index (κ3) is 4.97. The Hall–Kier alpha value is -1.54. The van der Waals surface area contributed by atoms with Crippen LogP contribution in [0.3, 0.4) is 0 Å². The van der Waals surface area contributed by atoms with Crippen LogP contribution in [0, 0.1) is 5.92 Å². The van der Waals surface area contributed by atoms with Gasteiger partial charge in [-0.2, -0.15) is 0 Å². The van der Waals surface area contributed by atoms with Crippen molar-refractivity contribution in [1.29, 1.82) is 0 Å². The zero-order valence-electron chi connectivity index (χ0n) is 14.7. The lowest BCUT2D eigenvalue weighted by Crippen LogP contribution is -2.27. The lowest BCUT2D eigenvalue weighted by molar-refractivity contribution is 0.0708. The quantitative estimate of drug-likeness (QED) is 0.679. The molecule has 1 aromatic carbocycles. The van der Waals surface area contributed by atoms with Crippen LogP contribution in [0.5, 0.6) is 5.75 Å². The van der Waals surface area contributed by atoms with E-state index < -0.39 is 5.60 Å². The van der Waals surface area contributed by atoms with E-state index in [9.17, 15) is 5.11 Å². The number of methoxy groups -OCH3 is 1. The first kappa shape index (κ1) is 17.8. The molecule has 0 heterocycles. The van der Waals surface area contributed by atoms with Gasteiger partial charge >= 0.3 is 0 Å². The van der Waals surface area contributed by atoms with Crippen LogP contribution < -0.4 is 4.74 Å². The molecule has 2 atom stereocenters. The minimum absolute atomic E-state index is 0.475. The molecule has 0 aliphatic heterocycles. The normalized spacial score (nSPS) is 22.3. The summed E-state index contributed by atoms with van der Waals surface area (Å²) in [4.78, 5) is 0. The van der Waals surface area contributed by atoms with Crippen molar-refractivity contribution in [1.82, 2.24) is 0 Å². The molecule has 0 saturated carbocycles. The molecule has 0 spiro atoms. The monoisotopic (exact) mass is 314 g/mol. The molecular formula is C21H30O2. The maximum absolute atomic E-state index is 10.6. The van der Waals surface area contributed by atoms with Gasteiger partial charge in [-0.05, 0) is 67.7 Å². The molecule has 0 radical (unpaired) electrons. The smallest absolute Gasteiger partial charge is 0.119 e. The Morgan fingerprint density at radius 2 is 2.22 bits per heavy atom. The number of ether oxygens (including phenoxy) is 1. The summed E-state index contributed by atoms with van der Waals surface area (Å²) in [6.07, 6.45) is 12.6. The zero-order chi connectivity index (χ0) is 16.7. The summed E-state index contributed by atoms with van der Waals surface area (Å²) >= 11 is 0. The van der Waals surface area contributed by atoms with Crippen molar-refractivity contribution in [3.8, 4) is 5.75 Å². The van der Waals surface area contributed by atoms with Gasteiger partial charge < -0.3 is 9.84 Å². The van der Waals surface area contributed by atoms with Crippen molar-refractivity contribution in [3.63, 3.8) is 0 Å². The topological polar surface area (TPSA) is 29.5 Å². The third-order valence-corrected chi connectivity index (χ3v) is 4.87. The zero-order valence-corrected chi connectivity index (χ0v) is 14.7. The summed E-state index contributed by atoms with van der Waals surface area (Å²) in [6, 6.07) is 8.26. The highest BCUT2D eigenvalue weighted by molar-refractivity contribution is 5.28. The predicted octanol–water partition coefficient (Wildman–Crippen LogP) is 5.07. The average Bonchev–Trinajstić information content (AvgIpc) is 2.93. The minimum Gasteiger partial charge on any atom is -0.497 e. The van der Waals surface area contributed by atoms with Crippen LogP contribution in [-0.4, -0.2) is 17.8 Å². The molecule has 0 bridgehead atoms. The Balaban J connectivity index is 1.79. The molecule has 2 heteroatoms. The van der Waals surface area contributed by atoms with E-state index in [-0.39, 0.29) is 0 Å². The molecule has 1 aliphatic carbocycles. The van der Waals surface area contributed by atoms with Crippen molar-refractivity contribution in [2.75, 3.05) is 7.11 Å². The van der Waals surface area contributed by atoms with E-state index in [4.69, 9.17) is 4.74 Å². The van der Waals surface area contributed by atoms with Crippen LogP contribution in [0.2, 0.25) is 0 Å². The lowest BCUT2D eigenvalue weighted by atomic mass is 9.87. The van der Waals surface area contributed by atoms with E-state index in [1.54, 1.807) is 7.11 Å². The van der Waals surface area contributed by atoms with Crippen molar-refractivity contribution >= 4 is 0 Å². The Kier molecular flexibility index (Phi) is 6.47. The molecule has 1 aliphatic rings. The molecule has 126 valence electrons. The average molecular weight is 314 g/mol. The Morgan fingerprint density at radius 1 is 1.39 bits per heavy atom. The number of benzene rings is 1. The van der Waals surface area contributed by atoms with Crippen LogP contribution in [0.15, 0.2) is 48.1 Å². The van der Waals surface area contributed by atoms with Crippen LogP contribution >= 0.6 is 0 Å². The van der Waals surface area contributed by atoms with Gasteiger partial charge in [-0.1, -0.05) is 44.2 Å². The molecule has 0 fully saturated rings. The lowest BCUT2D eigenvalue weighted by Gasteiger charge is -2.26. The van der Waals surface area contributed by atoms with Crippen LogP contribution in [0.1, 0.15) is 51.5 Å². The second kappa shape index (κ2) is 8.35. The predicted molar refractivity (Wildman–Crippen MR) is 96.8 cm³/mol. The molecule has 1 aromatic rings. The Bertz CT molecular complexity index is 559. The molecule has 0 aromatic heterocycles. The molecule has 2 rings (SSSR count). The summed E-state index contributed by atoms with van der Waals surface area (Å²) in [7, 11) is 1.70. The molecule has 2 nitrogen and oxygen atoms in total. The molecule has 2 unspecified atom stereocenters. The first-order valence-corrected chi connectivity index (χ1v) is 8.79. The highest BCUT2D eigenvalue weighted by atomic mass is 16.5. The van der Waals surface area contributed by atoms with Crippen LogP contribution in [0.4, 0.5) is 0 Å². The van der Waals surface area contributed by atoms with Crippen LogP contribution in [-0.2, 0) is 6.42 Å². The fourth-order valence-corrected chi connectivity index (χ4v) is 3.33. The third-order valence-electron chi connectivity index (χ3n) is 4.87. The Labute approximate surface area is 140 Å². The number of hydrogen-bond donors (Lipinski definition) is 1. The molecular weight excluding hydrogens is 284 g/mol. The van der Waals surface area contributed by atoms with Crippen molar-refractivity contribution < 1.29 is 9.84 Å². The summed E-state index contributed by atoms with van der Waals surface area (Å²) < 4.78 is 5.26. The first-order chi connectivity index (χ1) is 11.1. The van der Waals surface area contributed by atoms with Gasteiger partial charge in [0.25, 0.3) is 0 Å². The van der Waals surface area contributed by atoms with Crippen molar-refractivity contribution in [3.05, 3.63) is 53.6 Å². The number of rotatable bonds is 8. The maximum Gasteiger partial charge on any atom is 0.119 e. The Morgan fingerprint density at radius 3 is 2.96 bits per heavy atom. The van der Waals surface area contributed by atoms with E-state index in [0.29, 0.717) is 5.92 Å². The van der Waals surface area contributed by atoms with E-state index in [1.807, 2.05) is 12.1 Å². The SMILES string of the molecule is CCC1(O)CCC=C1CC(C)C=CCCc1cccc(OC)c1. The van der Waals surface area contributed by atoms with Gasteiger partial charge in [0.05, 0.1) is 12.7 Å². The summed E-state index contributed by atoms with van der Waals surface area (Å²) in [5.74, 6) is 1.40. The van der Waals surface area contributed by atoms with Gasteiger partial charge in [0.1, 0.15) is 5.75 Å². The van der Waals surface area contributed by atoms with Gasteiger partial charge in [0.15, 0.2) is 0 Å². The molecule has 0 saturated heterocycles. The van der Waals surface area contributed by atoms with Gasteiger partial charge in [0.2, 0.25) is 0 Å². The van der Waals surface area contributed by atoms with E-state index in [2.05, 4.69) is 44.2 Å². The summed E-state index contributed by atoms with van der Waals surface area (Å²) in [6.45, 7) is 4.31. The van der Waals surface area contributed by atoms with E-state index in [1.165, 1.54) is 11.1 Å². The van der Waals surface area contributed by atoms with Gasteiger partial charge in [-0.3, -0.25) is 0 Å². The van der Waals surface area contributed by atoms with Crippen molar-refractivity contribution in [2.24, 2.45) is 5.92 Å². The number of hydrogen-bond acceptors (Lipinski definition) is 2. The highest BCUT2D eigenvalue weighted by Crippen LogP contribution is 2.37. The summed E-state index contributed by atoms with van der Waals surface area (Å²) in [5, 5.41) is 10.6. The second-order valence-electron chi connectivity index (χ2n) is 6.65. The first-order valence-electron chi connectivity index (χ1n) is 8.79. The molecule has 1 N–H and O–H groups in total. The number of aliphatic hydroxyl groups is 1. The van der Waals surface area contributed by atoms with Crippen molar-refractivity contribution in [2.45, 2.75) is 58.0 Å². The standard InChI is InChI=1S/C21H30O2/c1-4-21(22)14-8-12-19(21)15-17(2)9-5-6-10-18-11-7-13-20(16-18)23-3/h5,7,9,11-13,16-17,22H,4,6,8,10,14-15H2,1-3H3. The van der Waals surface area contributed by atoms with E-state index >= 15 is 0 Å². The second-order valence-corrected chi connectivity index (χ2v) is 6.65. The summed E-state index contributed by atoms with van der Waals surface area (Å²) in [5.41, 5.74) is 2.01. The van der Waals surface area contributed by atoms with Gasteiger partial charge in [0, 0.05) is 0 Å². The minimum atomic E-state index is -0.539. The highest BCUT2D eigenvalue weighted by Gasteiger charge is 2.32. The van der Waals surface area contributed by atoms with Gasteiger partial charge in [-0.15, -0.1) is 0 Å². The number of allylic oxidation sites excluding steroid dienone is 3. The van der Waals surface area contributed by atoms with Crippen LogP contribution in [0.25, 0.3) is 0 Å². The fraction of sp³-hybridized carbons (Fsp3) is 0.524. The molecule has 0 amide bonds. The van der Waals surface area contributed by atoms with Gasteiger partial charge in [-0.25, -0.2) is 0 Å². The molecule has 23 heavy (non-hydrogen) atoms.